The number of ether oxygens (including phenoxy) is 1. The summed E-state index contributed by atoms with van der Waals surface area (Å²) in [7, 11) is 1.71. The van der Waals surface area contributed by atoms with Gasteiger partial charge in [0.05, 0.1) is 7.11 Å². The minimum atomic E-state index is 0.328. The first-order valence-corrected chi connectivity index (χ1v) is 8.35. The highest BCUT2D eigenvalue weighted by molar-refractivity contribution is 14.1. The molecule has 2 rings (SSSR count). The second kappa shape index (κ2) is 7.80. The topological polar surface area (TPSA) is 21.3 Å². The van der Waals surface area contributed by atoms with E-state index in [9.17, 15) is 0 Å². The quantitative estimate of drug-likeness (QED) is 0.728. The predicted octanol–water partition coefficient (Wildman–Crippen LogP) is 4.50. The van der Waals surface area contributed by atoms with Crippen LogP contribution in [0.1, 0.15) is 29.7 Å². The third-order valence-electron chi connectivity index (χ3n) is 3.62. The van der Waals surface area contributed by atoms with Crippen molar-refractivity contribution in [3.63, 3.8) is 0 Å². The Balaban J connectivity index is 2.28. The molecule has 0 saturated heterocycles. The molecule has 112 valence electrons. The molecule has 1 unspecified atom stereocenters. The zero-order chi connectivity index (χ0) is 15.2. The molecule has 0 spiro atoms. The van der Waals surface area contributed by atoms with Crippen LogP contribution in [0.3, 0.4) is 0 Å². The highest BCUT2D eigenvalue weighted by atomic mass is 127. The van der Waals surface area contributed by atoms with E-state index in [1.165, 1.54) is 20.3 Å². The van der Waals surface area contributed by atoms with Crippen LogP contribution in [0.25, 0.3) is 0 Å². The van der Waals surface area contributed by atoms with Crippen LogP contribution in [0, 0.1) is 10.5 Å². The predicted molar refractivity (Wildman–Crippen MR) is 97.0 cm³/mol. The zero-order valence-corrected chi connectivity index (χ0v) is 15.0. The molecule has 0 aromatic heterocycles. The number of benzene rings is 2. The molecule has 0 aliphatic heterocycles. The second-order valence-corrected chi connectivity index (χ2v) is 6.22. The standard InChI is InChI=1S/C18H22INO/c1-4-20-17(16-10-5-7-13(2)18(16)19)12-14-8-6-9-15(11-14)21-3/h5-11,17,20H,4,12H2,1-3H3. The molecule has 21 heavy (non-hydrogen) atoms. The van der Waals surface area contributed by atoms with E-state index in [0.29, 0.717) is 6.04 Å². The minimum absolute atomic E-state index is 0.328. The van der Waals surface area contributed by atoms with E-state index < -0.39 is 0 Å². The van der Waals surface area contributed by atoms with E-state index in [-0.39, 0.29) is 0 Å². The SMILES string of the molecule is CCNC(Cc1cccc(OC)c1)c1cccc(C)c1I. The number of halogens is 1. The monoisotopic (exact) mass is 395 g/mol. The summed E-state index contributed by atoms with van der Waals surface area (Å²) in [5.74, 6) is 0.918. The molecule has 2 nitrogen and oxygen atoms in total. The molecule has 0 aliphatic rings. The lowest BCUT2D eigenvalue weighted by Gasteiger charge is -2.21. The van der Waals surface area contributed by atoms with Gasteiger partial charge in [-0.1, -0.05) is 37.3 Å². The Labute approximate surface area is 141 Å². The Hall–Kier alpha value is -1.07. The molecule has 1 atom stereocenters. The number of rotatable bonds is 6. The highest BCUT2D eigenvalue weighted by Crippen LogP contribution is 2.26. The molecule has 0 radical (unpaired) electrons. The molecule has 3 heteroatoms. The van der Waals surface area contributed by atoms with E-state index in [0.717, 1.165) is 18.7 Å². The third-order valence-corrected chi connectivity index (χ3v) is 5.10. The Morgan fingerprint density at radius 2 is 1.95 bits per heavy atom. The summed E-state index contributed by atoms with van der Waals surface area (Å²) in [4.78, 5) is 0. The van der Waals surface area contributed by atoms with Crippen molar-refractivity contribution >= 4 is 22.6 Å². The van der Waals surface area contributed by atoms with Crippen molar-refractivity contribution < 1.29 is 4.74 Å². The van der Waals surface area contributed by atoms with E-state index in [1.807, 2.05) is 6.07 Å². The number of aryl methyl sites for hydroxylation is 1. The van der Waals surface area contributed by atoms with Crippen molar-refractivity contribution in [2.45, 2.75) is 26.3 Å². The molecular weight excluding hydrogens is 373 g/mol. The first-order chi connectivity index (χ1) is 10.2. The third kappa shape index (κ3) is 4.20. The average Bonchev–Trinajstić information content (AvgIpc) is 2.50. The molecule has 2 aromatic rings. The molecule has 0 heterocycles. The maximum absolute atomic E-state index is 5.32. The summed E-state index contributed by atoms with van der Waals surface area (Å²) in [6, 6.07) is 15.2. The van der Waals surface area contributed by atoms with E-state index in [1.54, 1.807) is 7.11 Å². The number of hydrogen-bond acceptors (Lipinski definition) is 2. The fourth-order valence-corrected chi connectivity index (χ4v) is 3.25. The van der Waals surface area contributed by atoms with Crippen molar-refractivity contribution in [2.75, 3.05) is 13.7 Å². The summed E-state index contributed by atoms with van der Waals surface area (Å²) in [6.07, 6.45) is 0.963. The van der Waals surface area contributed by atoms with Crippen LogP contribution in [0.2, 0.25) is 0 Å². The van der Waals surface area contributed by atoms with Gasteiger partial charge in [-0.3, -0.25) is 0 Å². The molecule has 0 bridgehead atoms. The lowest BCUT2D eigenvalue weighted by Crippen LogP contribution is -2.24. The molecule has 0 saturated carbocycles. The zero-order valence-electron chi connectivity index (χ0n) is 12.8. The Morgan fingerprint density at radius 1 is 1.19 bits per heavy atom. The van der Waals surface area contributed by atoms with Crippen LogP contribution >= 0.6 is 22.6 Å². The Bertz CT molecular complexity index is 598. The highest BCUT2D eigenvalue weighted by Gasteiger charge is 2.15. The molecule has 0 amide bonds. The molecule has 1 N–H and O–H groups in total. The van der Waals surface area contributed by atoms with Crippen molar-refractivity contribution in [3.05, 3.63) is 62.7 Å². The van der Waals surface area contributed by atoms with Gasteiger partial charge in [0.1, 0.15) is 5.75 Å². The van der Waals surface area contributed by atoms with Crippen LogP contribution in [0.5, 0.6) is 5.75 Å². The average molecular weight is 395 g/mol. The van der Waals surface area contributed by atoms with Gasteiger partial charge < -0.3 is 10.1 Å². The largest absolute Gasteiger partial charge is 0.497 e. The smallest absolute Gasteiger partial charge is 0.119 e. The van der Waals surface area contributed by atoms with Gasteiger partial charge in [0.2, 0.25) is 0 Å². The lowest BCUT2D eigenvalue weighted by atomic mass is 9.97. The molecule has 2 aromatic carbocycles. The number of hydrogen-bond donors (Lipinski definition) is 1. The Morgan fingerprint density at radius 3 is 2.67 bits per heavy atom. The number of methoxy groups -OCH3 is 1. The summed E-state index contributed by atoms with van der Waals surface area (Å²) in [6.45, 7) is 5.28. The Kier molecular flexibility index (Phi) is 6.06. The maximum Gasteiger partial charge on any atom is 0.119 e. The summed E-state index contributed by atoms with van der Waals surface area (Å²) >= 11 is 2.45. The van der Waals surface area contributed by atoms with Crippen LogP contribution < -0.4 is 10.1 Å². The number of likely N-dealkylation sites (N-methyl/N-ethyl adjacent to an activating group) is 1. The van der Waals surface area contributed by atoms with Gasteiger partial charge in [0, 0.05) is 9.61 Å². The first kappa shape index (κ1) is 16.3. The van der Waals surface area contributed by atoms with Crippen molar-refractivity contribution in [1.82, 2.24) is 5.32 Å². The first-order valence-electron chi connectivity index (χ1n) is 7.27. The minimum Gasteiger partial charge on any atom is -0.497 e. The molecule has 0 aliphatic carbocycles. The van der Waals surface area contributed by atoms with Gasteiger partial charge in [-0.2, -0.15) is 0 Å². The maximum atomic E-state index is 5.32. The fourth-order valence-electron chi connectivity index (χ4n) is 2.51. The van der Waals surface area contributed by atoms with Gasteiger partial charge in [-0.05, 0) is 71.3 Å². The van der Waals surface area contributed by atoms with Gasteiger partial charge in [-0.15, -0.1) is 0 Å². The normalized spacial score (nSPS) is 12.2. The van der Waals surface area contributed by atoms with Crippen LogP contribution in [-0.4, -0.2) is 13.7 Å². The van der Waals surface area contributed by atoms with Gasteiger partial charge in [-0.25, -0.2) is 0 Å². The van der Waals surface area contributed by atoms with Crippen LogP contribution in [0.4, 0.5) is 0 Å². The molecular formula is C18H22INO. The van der Waals surface area contributed by atoms with Gasteiger partial charge >= 0.3 is 0 Å². The lowest BCUT2D eigenvalue weighted by molar-refractivity contribution is 0.414. The number of nitrogens with one attached hydrogen (secondary N) is 1. The summed E-state index contributed by atoms with van der Waals surface area (Å²) in [5, 5.41) is 3.61. The van der Waals surface area contributed by atoms with Crippen LogP contribution in [0.15, 0.2) is 42.5 Å². The van der Waals surface area contributed by atoms with E-state index in [4.69, 9.17) is 4.74 Å². The van der Waals surface area contributed by atoms with Crippen molar-refractivity contribution in [2.24, 2.45) is 0 Å². The van der Waals surface area contributed by atoms with Crippen molar-refractivity contribution in [1.29, 1.82) is 0 Å². The van der Waals surface area contributed by atoms with E-state index >= 15 is 0 Å². The summed E-state index contributed by atoms with van der Waals surface area (Å²) < 4.78 is 6.67. The van der Waals surface area contributed by atoms with Gasteiger partial charge in [0.15, 0.2) is 0 Å². The van der Waals surface area contributed by atoms with Crippen LogP contribution in [-0.2, 0) is 6.42 Å². The van der Waals surface area contributed by atoms with Crippen molar-refractivity contribution in [3.8, 4) is 5.75 Å². The van der Waals surface area contributed by atoms with Gasteiger partial charge in [0.25, 0.3) is 0 Å². The summed E-state index contributed by atoms with van der Waals surface area (Å²) in [5.41, 5.74) is 4.00. The second-order valence-electron chi connectivity index (χ2n) is 5.14. The van der Waals surface area contributed by atoms with E-state index in [2.05, 4.69) is 78.2 Å². The fraction of sp³-hybridized carbons (Fsp3) is 0.333. The molecule has 0 fully saturated rings.